The maximum absolute atomic E-state index is 14.5. The quantitative estimate of drug-likeness (QED) is 0.162. The van der Waals surface area contributed by atoms with Crippen molar-refractivity contribution >= 4 is 104 Å². The molecule has 0 amide bonds. The van der Waals surface area contributed by atoms with Gasteiger partial charge in [0, 0.05) is 65.2 Å². The summed E-state index contributed by atoms with van der Waals surface area (Å²) in [6.45, 7) is 0. The number of fused-ring (bicyclic) bond motifs is 14. The van der Waals surface area contributed by atoms with Gasteiger partial charge in [0.15, 0.2) is 0 Å². The van der Waals surface area contributed by atoms with Crippen molar-refractivity contribution in [1.82, 2.24) is 13.5 Å². The van der Waals surface area contributed by atoms with E-state index in [0.29, 0.717) is 5.39 Å². The van der Waals surface area contributed by atoms with Crippen molar-refractivity contribution in [3.05, 3.63) is 247 Å². The molecule has 0 saturated carbocycles. The van der Waals surface area contributed by atoms with Gasteiger partial charge >= 0.3 is 0 Å². The van der Waals surface area contributed by atoms with Crippen molar-refractivity contribution in [2.24, 2.45) is 0 Å². The second kappa shape index (κ2) is 14.7. The largest absolute Gasteiger partial charge is 0.456 e. The van der Waals surface area contributed by atoms with Gasteiger partial charge < -0.3 is 13.6 Å². The molecule has 72 heavy (non-hydrogen) atoms. The van der Waals surface area contributed by atoms with Gasteiger partial charge in [-0.2, -0.15) is 0 Å². The molecule has 5 heterocycles. The predicted octanol–water partition coefficient (Wildman–Crippen LogP) is 17.3. The van der Waals surface area contributed by atoms with Crippen LogP contribution in [-0.2, 0) is 0 Å². The third-order valence-corrected chi connectivity index (χ3v) is 15.4. The molecule has 0 unspecified atom stereocenters. The van der Waals surface area contributed by atoms with Gasteiger partial charge in [-0.3, -0.25) is 9.20 Å². The van der Waals surface area contributed by atoms with Crippen LogP contribution in [-0.4, -0.2) is 13.5 Å². The first-order valence-electron chi connectivity index (χ1n) is 24.5. The number of rotatable bonds is 5. The first-order chi connectivity index (χ1) is 35.6. The highest BCUT2D eigenvalue weighted by atomic mass is 16.3. The van der Waals surface area contributed by atoms with Crippen molar-refractivity contribution in [1.29, 1.82) is 0 Å². The standard InChI is InChI=1S/C67H39N3O2/c71-67-52-30-25-41(40-13-3-1-4-14-40)35-53(52)50-20-11-21-51-56-38-44(28-33-62(56)70(67)66(50)51)47-19-12-24-64-65(47)57-39-46(29-34-63(57)72-64)69-59-23-10-8-18-49(59)55-37-43(27-32-61(55)69)42-26-31-60-54(36-42)48-17-7-9-22-58(48)68(60)45-15-5-2-6-16-45/h1-39H. The van der Waals surface area contributed by atoms with E-state index >= 15 is 0 Å². The highest BCUT2D eigenvalue weighted by Crippen LogP contribution is 2.43. The molecule has 0 bridgehead atoms. The summed E-state index contributed by atoms with van der Waals surface area (Å²) in [4.78, 5) is 14.5. The van der Waals surface area contributed by atoms with E-state index in [0.717, 1.165) is 99.2 Å². The van der Waals surface area contributed by atoms with Crippen LogP contribution in [0, 0.1) is 0 Å². The second-order valence-electron chi connectivity index (χ2n) is 19.2. The number of pyridine rings is 1. The Morgan fingerprint density at radius 3 is 1.56 bits per heavy atom. The maximum atomic E-state index is 14.5. The number of hydrogen-bond acceptors (Lipinski definition) is 2. The Labute approximate surface area is 411 Å². The fourth-order valence-electron chi connectivity index (χ4n) is 12.2. The van der Waals surface area contributed by atoms with E-state index in [4.69, 9.17) is 4.42 Å². The molecule has 0 aliphatic carbocycles. The van der Waals surface area contributed by atoms with E-state index in [1.54, 1.807) is 0 Å². The Balaban J connectivity index is 0.841. The Morgan fingerprint density at radius 2 is 0.819 bits per heavy atom. The molecule has 16 aromatic rings. The molecular weight excluding hydrogens is 879 g/mol. The average Bonchev–Trinajstić information content (AvgIpc) is 4.19. The van der Waals surface area contributed by atoms with E-state index in [-0.39, 0.29) is 5.56 Å². The summed E-state index contributed by atoms with van der Waals surface area (Å²) in [7, 11) is 0. The number of furan rings is 1. The minimum Gasteiger partial charge on any atom is -0.456 e. The molecule has 0 radical (unpaired) electrons. The summed E-state index contributed by atoms with van der Waals surface area (Å²) in [6, 6.07) is 84.4. The molecule has 5 heteroatoms. The summed E-state index contributed by atoms with van der Waals surface area (Å²) < 4.78 is 13.3. The smallest absolute Gasteiger partial charge is 0.263 e. The normalized spacial score (nSPS) is 12.2. The second-order valence-corrected chi connectivity index (χ2v) is 19.2. The minimum atomic E-state index is -0.00206. The summed E-state index contributed by atoms with van der Waals surface area (Å²) >= 11 is 0. The van der Waals surface area contributed by atoms with Crippen LogP contribution in [0.4, 0.5) is 0 Å². The number of nitrogens with zero attached hydrogens (tertiary/aromatic N) is 3. The van der Waals surface area contributed by atoms with Crippen LogP contribution in [0.15, 0.2) is 246 Å². The average molecular weight is 918 g/mol. The van der Waals surface area contributed by atoms with Crippen LogP contribution in [0.1, 0.15) is 0 Å². The highest BCUT2D eigenvalue weighted by Gasteiger charge is 2.22. The van der Waals surface area contributed by atoms with Gasteiger partial charge in [-0.05, 0) is 136 Å². The zero-order chi connectivity index (χ0) is 47.2. The molecule has 5 aromatic heterocycles. The zero-order valence-electron chi connectivity index (χ0n) is 38.7. The van der Waals surface area contributed by atoms with E-state index in [1.807, 2.05) is 16.5 Å². The fraction of sp³-hybridized carbons (Fsp3) is 0. The van der Waals surface area contributed by atoms with Crippen LogP contribution < -0.4 is 5.56 Å². The van der Waals surface area contributed by atoms with Crippen molar-refractivity contribution < 1.29 is 4.42 Å². The van der Waals surface area contributed by atoms with Crippen LogP contribution in [0.25, 0.3) is 148 Å². The van der Waals surface area contributed by atoms with E-state index in [1.165, 1.54) is 43.7 Å². The van der Waals surface area contributed by atoms with Crippen molar-refractivity contribution in [2.45, 2.75) is 0 Å². The molecule has 334 valence electrons. The van der Waals surface area contributed by atoms with E-state index in [9.17, 15) is 4.79 Å². The molecule has 5 nitrogen and oxygen atoms in total. The van der Waals surface area contributed by atoms with Crippen molar-refractivity contribution in [3.63, 3.8) is 0 Å². The fourth-order valence-corrected chi connectivity index (χ4v) is 12.2. The Morgan fingerprint density at radius 1 is 0.292 bits per heavy atom. The molecule has 16 rings (SSSR count). The molecule has 0 aliphatic heterocycles. The monoisotopic (exact) mass is 917 g/mol. The molecule has 0 spiro atoms. The molecule has 11 aromatic carbocycles. The molecular formula is C67H39N3O2. The molecule has 0 saturated heterocycles. The Bertz CT molecular complexity index is 5000. The van der Waals surface area contributed by atoms with Crippen molar-refractivity contribution in [3.8, 4) is 44.8 Å². The van der Waals surface area contributed by atoms with Gasteiger partial charge in [-0.1, -0.05) is 140 Å². The van der Waals surface area contributed by atoms with Crippen LogP contribution in [0.2, 0.25) is 0 Å². The molecule has 0 fully saturated rings. The Kier molecular flexibility index (Phi) is 7.97. The molecule has 0 aliphatic rings. The highest BCUT2D eigenvalue weighted by molar-refractivity contribution is 6.22. The first-order valence-corrected chi connectivity index (χ1v) is 24.5. The number of hydrogen-bond donors (Lipinski definition) is 0. The van der Waals surface area contributed by atoms with Crippen LogP contribution in [0.5, 0.6) is 0 Å². The summed E-state index contributed by atoms with van der Waals surface area (Å²) in [5.74, 6) is 0. The van der Waals surface area contributed by atoms with Crippen LogP contribution >= 0.6 is 0 Å². The lowest BCUT2D eigenvalue weighted by atomic mass is 9.97. The van der Waals surface area contributed by atoms with Gasteiger partial charge in [0.1, 0.15) is 11.2 Å². The number of aromatic nitrogens is 3. The third kappa shape index (κ3) is 5.45. The molecule has 0 atom stereocenters. The zero-order valence-corrected chi connectivity index (χ0v) is 38.7. The van der Waals surface area contributed by atoms with Gasteiger partial charge in [-0.25, -0.2) is 0 Å². The summed E-state index contributed by atoms with van der Waals surface area (Å²) in [6.07, 6.45) is 0. The van der Waals surface area contributed by atoms with Gasteiger partial charge in [0.2, 0.25) is 0 Å². The topological polar surface area (TPSA) is 44.5 Å². The van der Waals surface area contributed by atoms with Crippen molar-refractivity contribution in [2.75, 3.05) is 0 Å². The lowest BCUT2D eigenvalue weighted by Crippen LogP contribution is -2.12. The Hall–Kier alpha value is -9.71. The van der Waals surface area contributed by atoms with E-state index in [2.05, 4.69) is 234 Å². The first kappa shape index (κ1) is 39.2. The van der Waals surface area contributed by atoms with Gasteiger partial charge in [0.05, 0.1) is 33.1 Å². The maximum Gasteiger partial charge on any atom is 0.263 e. The molecule has 0 N–H and O–H groups in total. The lowest BCUT2D eigenvalue weighted by Gasteiger charge is -2.10. The number of benzene rings is 11. The predicted molar refractivity (Wildman–Crippen MR) is 300 cm³/mol. The SMILES string of the molecule is O=c1c2ccc(-c3ccccc3)cc2c2cccc3c4cc(-c5cccc6oc7ccc(-n8c9ccccc9c9cc(-c%10ccc%11c(c%10)c%10ccccc%10n%11-c%10ccccc%10)ccc98)cc7c56)ccc4n1c23. The van der Waals surface area contributed by atoms with Gasteiger partial charge in [0.25, 0.3) is 5.56 Å². The lowest BCUT2D eigenvalue weighted by molar-refractivity contribution is 0.669. The summed E-state index contributed by atoms with van der Waals surface area (Å²) in [5.41, 5.74) is 17.1. The summed E-state index contributed by atoms with van der Waals surface area (Å²) in [5, 5.41) is 11.8. The van der Waals surface area contributed by atoms with Gasteiger partial charge in [-0.15, -0.1) is 0 Å². The minimum absolute atomic E-state index is 0.00206. The number of para-hydroxylation sites is 4. The van der Waals surface area contributed by atoms with Crippen LogP contribution in [0.3, 0.4) is 0 Å². The van der Waals surface area contributed by atoms with E-state index < -0.39 is 0 Å². The third-order valence-electron chi connectivity index (χ3n) is 15.4.